The predicted octanol–water partition coefficient (Wildman–Crippen LogP) is 4.11. The third-order valence-electron chi connectivity index (χ3n) is 5.46. The van der Waals surface area contributed by atoms with Gasteiger partial charge in [-0.1, -0.05) is 35.9 Å². The molecule has 1 heterocycles. The fourth-order valence-electron chi connectivity index (χ4n) is 3.60. The molecule has 2 amide bonds. The number of anilines is 1. The van der Waals surface area contributed by atoms with E-state index in [-0.39, 0.29) is 22.9 Å². The fraction of sp³-hybridized carbons (Fsp3) is 0.111. The van der Waals surface area contributed by atoms with Crippen LogP contribution in [0.25, 0.3) is 6.08 Å². The minimum absolute atomic E-state index is 0.0132. The lowest BCUT2D eigenvalue weighted by Crippen LogP contribution is -2.54. The maximum atomic E-state index is 13.2. The summed E-state index contributed by atoms with van der Waals surface area (Å²) in [5, 5.41) is 11.7. The van der Waals surface area contributed by atoms with Gasteiger partial charge in [0.1, 0.15) is 12.2 Å². The fourth-order valence-corrected chi connectivity index (χ4v) is 3.88. The Kier molecular flexibility index (Phi) is 7.12. The highest BCUT2D eigenvalue weighted by atomic mass is 32.1. The van der Waals surface area contributed by atoms with Crippen LogP contribution in [0.3, 0.4) is 0 Å². The van der Waals surface area contributed by atoms with Crippen LogP contribution < -0.4 is 19.7 Å². The number of amides is 2. The molecule has 3 aromatic carbocycles. The Labute approximate surface area is 212 Å². The van der Waals surface area contributed by atoms with Crippen LogP contribution in [0.1, 0.15) is 27.0 Å². The molecule has 0 bridgehead atoms. The van der Waals surface area contributed by atoms with E-state index >= 15 is 0 Å². The van der Waals surface area contributed by atoms with Gasteiger partial charge in [-0.25, -0.2) is 4.79 Å². The molecule has 1 fully saturated rings. The van der Waals surface area contributed by atoms with Crippen molar-refractivity contribution in [3.63, 3.8) is 0 Å². The van der Waals surface area contributed by atoms with Crippen LogP contribution in [0.2, 0.25) is 0 Å². The molecule has 1 aliphatic rings. The van der Waals surface area contributed by atoms with Crippen LogP contribution in [-0.2, 0) is 16.2 Å². The first kappa shape index (κ1) is 24.6. The Balaban J connectivity index is 1.57. The summed E-state index contributed by atoms with van der Waals surface area (Å²) in [4.78, 5) is 38.3. The predicted molar refractivity (Wildman–Crippen MR) is 138 cm³/mol. The lowest BCUT2D eigenvalue weighted by Gasteiger charge is -2.29. The Morgan fingerprint density at radius 3 is 2.50 bits per heavy atom. The number of methoxy groups -OCH3 is 1. The van der Waals surface area contributed by atoms with Gasteiger partial charge in [-0.3, -0.25) is 19.8 Å². The van der Waals surface area contributed by atoms with Crippen molar-refractivity contribution in [1.82, 2.24) is 5.32 Å². The Bertz CT molecular complexity index is 1400. The second-order valence-corrected chi connectivity index (χ2v) is 8.38. The van der Waals surface area contributed by atoms with E-state index in [2.05, 4.69) is 5.32 Å². The molecule has 8 nitrogen and oxygen atoms in total. The second kappa shape index (κ2) is 10.4. The standard InChI is InChI=1S/C27H22N2O6S/c1-16-6-9-20(10-7-16)29-25(31)21(24(30)28-27(29)36)13-17-8-11-22(23(14-17)34-2)35-15-18-4-3-5-19(12-18)26(32)33/h3-14H,15H2,1-2H3,(H,32,33)(H,28,30,36)/b21-13+. The van der Waals surface area contributed by atoms with E-state index in [9.17, 15) is 14.4 Å². The van der Waals surface area contributed by atoms with Crippen LogP contribution in [0.5, 0.6) is 11.5 Å². The summed E-state index contributed by atoms with van der Waals surface area (Å²) in [6, 6.07) is 18.6. The number of hydrogen-bond acceptors (Lipinski definition) is 6. The summed E-state index contributed by atoms with van der Waals surface area (Å²) in [5.41, 5.74) is 2.89. The summed E-state index contributed by atoms with van der Waals surface area (Å²) in [7, 11) is 1.47. The number of hydrogen-bond donors (Lipinski definition) is 2. The molecule has 36 heavy (non-hydrogen) atoms. The van der Waals surface area contributed by atoms with E-state index in [1.807, 2.05) is 19.1 Å². The summed E-state index contributed by atoms with van der Waals surface area (Å²) >= 11 is 5.24. The number of nitrogens with zero attached hydrogens (tertiary/aromatic N) is 1. The number of benzene rings is 3. The van der Waals surface area contributed by atoms with Gasteiger partial charge in [-0.05, 0) is 72.7 Å². The van der Waals surface area contributed by atoms with Crippen LogP contribution in [0.4, 0.5) is 5.69 Å². The third-order valence-corrected chi connectivity index (χ3v) is 5.75. The molecular formula is C27H22N2O6S. The molecule has 9 heteroatoms. The van der Waals surface area contributed by atoms with Gasteiger partial charge < -0.3 is 14.6 Å². The van der Waals surface area contributed by atoms with E-state index in [0.717, 1.165) is 5.56 Å². The van der Waals surface area contributed by atoms with E-state index < -0.39 is 17.8 Å². The van der Waals surface area contributed by atoms with E-state index in [1.165, 1.54) is 30.2 Å². The average molecular weight is 503 g/mol. The first-order chi connectivity index (χ1) is 17.3. The maximum Gasteiger partial charge on any atom is 0.335 e. The average Bonchev–Trinajstić information content (AvgIpc) is 2.86. The number of aryl methyl sites for hydroxylation is 1. The number of thiocarbonyl (C=S) groups is 1. The van der Waals surface area contributed by atoms with Gasteiger partial charge in [0, 0.05) is 0 Å². The molecule has 0 radical (unpaired) electrons. The highest BCUT2D eigenvalue weighted by molar-refractivity contribution is 7.80. The summed E-state index contributed by atoms with van der Waals surface area (Å²) < 4.78 is 11.3. The van der Waals surface area contributed by atoms with Crippen LogP contribution in [0.15, 0.2) is 72.3 Å². The third kappa shape index (κ3) is 5.26. The molecule has 182 valence electrons. The number of nitrogens with one attached hydrogen (secondary N) is 1. The zero-order chi connectivity index (χ0) is 25.8. The monoisotopic (exact) mass is 502 g/mol. The number of rotatable bonds is 7. The van der Waals surface area contributed by atoms with Crippen molar-refractivity contribution in [3.8, 4) is 11.5 Å². The highest BCUT2D eigenvalue weighted by Gasteiger charge is 2.34. The van der Waals surface area contributed by atoms with Gasteiger partial charge in [0.05, 0.1) is 18.4 Å². The largest absolute Gasteiger partial charge is 0.493 e. The van der Waals surface area contributed by atoms with Crippen molar-refractivity contribution >= 4 is 46.9 Å². The van der Waals surface area contributed by atoms with Crippen LogP contribution >= 0.6 is 12.2 Å². The summed E-state index contributed by atoms with van der Waals surface area (Å²) in [5.74, 6) is -1.35. The number of ether oxygens (including phenoxy) is 2. The van der Waals surface area contributed by atoms with Gasteiger partial charge in [-0.15, -0.1) is 0 Å². The molecule has 0 aromatic heterocycles. The molecule has 0 unspecified atom stereocenters. The van der Waals surface area contributed by atoms with E-state index in [1.54, 1.807) is 42.5 Å². The van der Waals surface area contributed by atoms with Crippen molar-refractivity contribution in [1.29, 1.82) is 0 Å². The second-order valence-electron chi connectivity index (χ2n) is 8.00. The van der Waals surface area contributed by atoms with Crippen LogP contribution in [-0.4, -0.2) is 35.1 Å². The van der Waals surface area contributed by atoms with Crippen molar-refractivity contribution in [2.45, 2.75) is 13.5 Å². The lowest BCUT2D eigenvalue weighted by molar-refractivity contribution is -0.122. The molecule has 1 saturated heterocycles. The molecular weight excluding hydrogens is 480 g/mol. The lowest BCUT2D eigenvalue weighted by atomic mass is 10.1. The van der Waals surface area contributed by atoms with Gasteiger partial charge >= 0.3 is 5.97 Å². The molecule has 0 atom stereocenters. The minimum Gasteiger partial charge on any atom is -0.493 e. The van der Waals surface area contributed by atoms with Crippen LogP contribution in [0, 0.1) is 6.92 Å². The molecule has 4 rings (SSSR count). The number of aromatic carboxylic acids is 1. The summed E-state index contributed by atoms with van der Waals surface area (Å²) in [6.07, 6.45) is 1.46. The maximum absolute atomic E-state index is 13.2. The number of carboxylic acids is 1. The molecule has 0 spiro atoms. The molecule has 3 aromatic rings. The van der Waals surface area contributed by atoms with Crippen molar-refractivity contribution < 1.29 is 29.0 Å². The first-order valence-corrected chi connectivity index (χ1v) is 11.3. The molecule has 0 saturated carbocycles. The van der Waals surface area contributed by atoms with Crippen molar-refractivity contribution in [2.75, 3.05) is 12.0 Å². The van der Waals surface area contributed by atoms with Gasteiger partial charge in [0.15, 0.2) is 16.6 Å². The SMILES string of the molecule is COc1cc(/C=C2\C(=O)NC(=S)N(c3ccc(C)cc3)C2=O)ccc1OCc1cccc(C(=O)O)c1. The minimum atomic E-state index is -1.02. The number of carboxylic acid groups (broad SMARTS) is 1. The molecule has 2 N–H and O–H groups in total. The zero-order valence-corrected chi connectivity index (χ0v) is 20.3. The summed E-state index contributed by atoms with van der Waals surface area (Å²) in [6.45, 7) is 2.06. The van der Waals surface area contributed by atoms with Gasteiger partial charge in [0.25, 0.3) is 11.8 Å². The Morgan fingerprint density at radius 2 is 1.81 bits per heavy atom. The van der Waals surface area contributed by atoms with E-state index in [4.69, 9.17) is 26.8 Å². The van der Waals surface area contributed by atoms with E-state index in [0.29, 0.717) is 28.3 Å². The molecule has 1 aliphatic heterocycles. The van der Waals surface area contributed by atoms with Gasteiger partial charge in [-0.2, -0.15) is 0 Å². The van der Waals surface area contributed by atoms with Gasteiger partial charge in [0.2, 0.25) is 0 Å². The Hall–Kier alpha value is -4.50. The van der Waals surface area contributed by atoms with Crippen molar-refractivity contribution in [2.24, 2.45) is 0 Å². The Morgan fingerprint density at radius 1 is 1.06 bits per heavy atom. The normalized spacial score (nSPS) is 14.6. The molecule has 0 aliphatic carbocycles. The highest BCUT2D eigenvalue weighted by Crippen LogP contribution is 2.30. The quantitative estimate of drug-likeness (QED) is 0.285. The van der Waals surface area contributed by atoms with Crippen molar-refractivity contribution in [3.05, 3.63) is 94.6 Å². The smallest absolute Gasteiger partial charge is 0.335 e. The first-order valence-electron chi connectivity index (χ1n) is 10.9. The zero-order valence-electron chi connectivity index (χ0n) is 19.5. The topological polar surface area (TPSA) is 105 Å². The number of carbonyl (C=O) groups is 3. The number of carbonyl (C=O) groups excluding carboxylic acids is 2.